The summed E-state index contributed by atoms with van der Waals surface area (Å²) in [5.41, 5.74) is 0.795. The van der Waals surface area contributed by atoms with Crippen LogP contribution in [0.25, 0.3) is 0 Å². The summed E-state index contributed by atoms with van der Waals surface area (Å²) in [5.74, 6) is -3.04. The summed E-state index contributed by atoms with van der Waals surface area (Å²) in [6.07, 6.45) is 0. The van der Waals surface area contributed by atoms with Crippen LogP contribution < -0.4 is 8.44 Å². The third-order valence-corrected chi connectivity index (χ3v) is 6.10. The van der Waals surface area contributed by atoms with Gasteiger partial charge in [0.25, 0.3) is 0 Å². The number of nitrogens with one attached hydrogen (secondary N) is 1. The van der Waals surface area contributed by atoms with Gasteiger partial charge in [-0.05, 0) is 0 Å². The second-order valence-electron chi connectivity index (χ2n) is 6.05. The maximum absolute atomic E-state index is 13.8. The average Bonchev–Trinajstić information content (AvgIpc) is 2.87. The van der Waals surface area contributed by atoms with E-state index in [9.17, 15) is 18.4 Å². The number of likely N-dealkylation sites (N-methyl/N-ethyl adjacent to an activating group) is 1. The molecule has 1 saturated heterocycles. The van der Waals surface area contributed by atoms with Crippen molar-refractivity contribution in [1.82, 2.24) is 4.90 Å². The van der Waals surface area contributed by atoms with Gasteiger partial charge in [0, 0.05) is 0 Å². The Morgan fingerprint density at radius 1 is 1.20 bits per heavy atom. The number of nitrogens with zero attached hydrogens (tertiary/aromatic N) is 1. The van der Waals surface area contributed by atoms with Gasteiger partial charge in [0.2, 0.25) is 0 Å². The van der Waals surface area contributed by atoms with Gasteiger partial charge in [0.1, 0.15) is 0 Å². The number of hydrogen-bond acceptors (Lipinski definition) is 2. The topological polar surface area (TPSA) is 49.4 Å². The molecule has 1 aliphatic rings. The van der Waals surface area contributed by atoms with E-state index in [2.05, 4.69) is 5.32 Å². The van der Waals surface area contributed by atoms with Gasteiger partial charge in [-0.25, -0.2) is 0 Å². The van der Waals surface area contributed by atoms with E-state index >= 15 is 0 Å². The van der Waals surface area contributed by atoms with Crippen LogP contribution in [0.1, 0.15) is 11.5 Å². The Bertz CT molecular complexity index is 844. The van der Waals surface area contributed by atoms with Crippen molar-refractivity contribution in [2.75, 3.05) is 18.9 Å². The summed E-state index contributed by atoms with van der Waals surface area (Å²) in [6, 6.07) is 10.5. The zero-order valence-corrected chi connectivity index (χ0v) is 18.0. The first-order chi connectivity index (χ1) is 11.9. The molecule has 0 aromatic heterocycles. The number of rotatable bonds is 3. The second kappa shape index (κ2) is 7.19. The quantitative estimate of drug-likeness (QED) is 0.481. The Morgan fingerprint density at radius 3 is 2.60 bits per heavy atom. The van der Waals surface area contributed by atoms with Crippen LogP contribution in [0.4, 0.5) is 14.5 Å². The van der Waals surface area contributed by atoms with Crippen LogP contribution >= 0.6 is 0 Å². The van der Waals surface area contributed by atoms with Crippen LogP contribution in [0.15, 0.2) is 42.5 Å². The van der Waals surface area contributed by atoms with E-state index in [-0.39, 0.29) is 23.3 Å². The number of hydrogen-bond donors (Lipinski definition) is 1. The van der Waals surface area contributed by atoms with Gasteiger partial charge < -0.3 is 0 Å². The summed E-state index contributed by atoms with van der Waals surface area (Å²) in [4.78, 5) is 26.6. The number of halogens is 2. The Morgan fingerprint density at radius 2 is 1.92 bits per heavy atom. The molecular weight excluding hydrogens is 519 g/mol. The van der Waals surface area contributed by atoms with Crippen molar-refractivity contribution in [3.8, 4) is 0 Å². The number of likely N-dealkylation sites (tertiary alicyclic amines) is 1. The molecule has 126 valence electrons. The molecule has 0 spiro atoms. The normalized spacial score (nSPS) is 19.9. The van der Waals surface area contributed by atoms with Crippen LogP contribution in [0, 0.1) is 17.6 Å². The van der Waals surface area contributed by atoms with Crippen molar-refractivity contribution >= 4 is 46.4 Å². The molecule has 3 rings (SSSR count). The van der Waals surface area contributed by atoms with Crippen molar-refractivity contribution in [3.63, 3.8) is 0 Å². The summed E-state index contributed by atoms with van der Waals surface area (Å²) >= 11 is 0.311. The third-order valence-electron chi connectivity index (χ3n) is 4.38. The van der Waals surface area contributed by atoms with Gasteiger partial charge >= 0.3 is 160 Å². The third kappa shape index (κ3) is 3.58. The minimum absolute atomic E-state index is 0.0396. The maximum atomic E-state index is 13.8. The summed E-state index contributed by atoms with van der Waals surface area (Å²) in [5, 5.41) is 2.50. The second-order valence-corrected chi connectivity index (χ2v) is 8.47. The molecule has 1 N–H and O–H groups in total. The molecule has 0 bridgehead atoms. The van der Waals surface area contributed by atoms with Gasteiger partial charge in [-0.2, -0.15) is 0 Å². The van der Waals surface area contributed by atoms with Gasteiger partial charge in [-0.15, -0.1) is 0 Å². The zero-order valence-electron chi connectivity index (χ0n) is 13.5. The number of carbonyl (C=O) groups excluding carboxylic acids is 2. The van der Waals surface area contributed by atoms with E-state index in [4.69, 9.17) is 0 Å². The SMILES string of the molecule is CN1CC(c2ccc(F)[c]([Tl])c2)C(C(=O)Nc2ccccc2F)C1=O. The predicted molar refractivity (Wildman–Crippen MR) is 90.7 cm³/mol. The molecule has 1 aliphatic heterocycles. The summed E-state index contributed by atoms with van der Waals surface area (Å²) in [7, 11) is 1.62. The predicted octanol–water partition coefficient (Wildman–Crippen LogP) is 1.57. The van der Waals surface area contributed by atoms with Crippen molar-refractivity contribution in [2.24, 2.45) is 5.92 Å². The van der Waals surface area contributed by atoms with Crippen molar-refractivity contribution in [1.29, 1.82) is 0 Å². The first-order valence-electron chi connectivity index (χ1n) is 7.73. The van der Waals surface area contributed by atoms with E-state index < -0.39 is 17.6 Å². The molecule has 2 aromatic carbocycles. The molecular formula is C18H15F2N2O2Tl. The number of amides is 2. The number of para-hydroxylation sites is 1. The molecule has 1 fully saturated rings. The van der Waals surface area contributed by atoms with E-state index in [1.807, 2.05) is 0 Å². The molecule has 2 aromatic rings. The minimum atomic E-state index is -0.959. The Labute approximate surface area is 159 Å². The number of anilines is 1. The van der Waals surface area contributed by atoms with Crippen LogP contribution in [-0.4, -0.2) is 56.1 Å². The molecule has 0 saturated carbocycles. The Kier molecular flexibility index (Phi) is 5.17. The number of benzene rings is 2. The molecule has 2 amide bonds. The first kappa shape index (κ1) is 18.0. The van der Waals surface area contributed by atoms with Crippen molar-refractivity contribution in [2.45, 2.75) is 5.92 Å². The molecule has 2 atom stereocenters. The van der Waals surface area contributed by atoms with Crippen LogP contribution in [-0.2, 0) is 9.59 Å². The molecule has 7 heteroatoms. The molecule has 25 heavy (non-hydrogen) atoms. The van der Waals surface area contributed by atoms with E-state index in [1.165, 1.54) is 29.2 Å². The van der Waals surface area contributed by atoms with Crippen LogP contribution in [0.2, 0.25) is 0 Å². The van der Waals surface area contributed by atoms with Gasteiger partial charge in [-0.1, -0.05) is 0 Å². The molecule has 0 radical (unpaired) electrons. The standard InChI is InChI=1S/C18H15F2N2O2.Tl/c1-22-10-13(11-6-8-12(19)9-7-11)16(18(22)24)17(23)21-15-5-3-2-4-14(15)20;/h2-8,13,16H,10H2,1H3,(H,21,23);. The van der Waals surface area contributed by atoms with E-state index in [0.717, 1.165) is 5.56 Å². The van der Waals surface area contributed by atoms with Crippen LogP contribution in [0.3, 0.4) is 0 Å². The first-order valence-corrected chi connectivity index (χ1v) is 9.98. The fraction of sp³-hybridized carbons (Fsp3) is 0.222. The monoisotopic (exact) mass is 534 g/mol. The number of carbonyl (C=O) groups is 2. The average molecular weight is 534 g/mol. The van der Waals surface area contributed by atoms with E-state index in [1.54, 1.807) is 25.2 Å². The summed E-state index contributed by atoms with van der Waals surface area (Å²) < 4.78 is 28.0. The fourth-order valence-corrected chi connectivity index (χ4v) is 4.18. The molecule has 0 aliphatic carbocycles. The van der Waals surface area contributed by atoms with Gasteiger partial charge in [0.05, 0.1) is 0 Å². The van der Waals surface area contributed by atoms with Gasteiger partial charge in [-0.3, -0.25) is 0 Å². The Balaban J connectivity index is 1.90. The van der Waals surface area contributed by atoms with Crippen molar-refractivity contribution in [3.05, 3.63) is 59.7 Å². The fourth-order valence-electron chi connectivity index (χ4n) is 3.06. The zero-order chi connectivity index (χ0) is 18.1. The molecule has 4 nitrogen and oxygen atoms in total. The Hall–Kier alpha value is -1.84. The van der Waals surface area contributed by atoms with Gasteiger partial charge in [0.15, 0.2) is 0 Å². The van der Waals surface area contributed by atoms with Crippen LogP contribution in [0.5, 0.6) is 0 Å². The van der Waals surface area contributed by atoms with E-state index in [0.29, 0.717) is 35.4 Å². The molecule has 1 heterocycles. The molecule has 2 unspecified atom stereocenters. The van der Waals surface area contributed by atoms with Crippen molar-refractivity contribution < 1.29 is 18.4 Å². The summed E-state index contributed by atoms with van der Waals surface area (Å²) in [6.45, 7) is 0.365.